The molecule has 0 saturated heterocycles. The summed E-state index contributed by atoms with van der Waals surface area (Å²) in [5.74, 6) is -1.44. The molecule has 4 heteroatoms. The van der Waals surface area contributed by atoms with Crippen molar-refractivity contribution in [3.63, 3.8) is 0 Å². The second-order valence-corrected chi connectivity index (χ2v) is 5.33. The van der Waals surface area contributed by atoms with Crippen molar-refractivity contribution in [2.45, 2.75) is 19.4 Å². The molecule has 1 amide bonds. The Hall–Kier alpha value is -2.23. The maximum atomic E-state index is 13.5. The predicted molar refractivity (Wildman–Crippen MR) is 75.5 cm³/mol. The van der Waals surface area contributed by atoms with Crippen LogP contribution in [-0.2, 0) is 24.2 Å². The Labute approximate surface area is 121 Å². The molecule has 0 fully saturated rings. The maximum absolute atomic E-state index is 13.5. The van der Waals surface area contributed by atoms with Gasteiger partial charge in [-0.1, -0.05) is 30.3 Å². The summed E-state index contributed by atoms with van der Waals surface area (Å²) in [6, 6.07) is 11.4. The number of carbonyl (C=O) groups excluding carboxylic acids is 1. The van der Waals surface area contributed by atoms with Gasteiger partial charge in [0.2, 0.25) is 5.91 Å². The summed E-state index contributed by atoms with van der Waals surface area (Å²) in [6.07, 6.45) is 1.43. The highest BCUT2D eigenvalue weighted by Gasteiger charge is 2.26. The summed E-state index contributed by atoms with van der Waals surface area (Å²) in [6.45, 7) is 0.0811. The molecular weight excluding hydrogens is 272 g/mol. The van der Waals surface area contributed by atoms with E-state index in [0.717, 1.165) is 6.07 Å². The molecule has 0 radical (unpaired) electrons. The molecule has 1 N–H and O–H groups in total. The van der Waals surface area contributed by atoms with Crippen molar-refractivity contribution in [1.82, 2.24) is 5.32 Å². The van der Waals surface area contributed by atoms with E-state index in [0.29, 0.717) is 18.4 Å². The summed E-state index contributed by atoms with van der Waals surface area (Å²) in [5, 5.41) is 2.73. The first-order valence-corrected chi connectivity index (χ1v) is 6.92. The quantitative estimate of drug-likeness (QED) is 0.924. The molecule has 2 aromatic rings. The van der Waals surface area contributed by atoms with Crippen LogP contribution in [0.1, 0.15) is 16.7 Å². The molecule has 21 heavy (non-hydrogen) atoms. The summed E-state index contributed by atoms with van der Waals surface area (Å²) in [7, 11) is 0. The summed E-state index contributed by atoms with van der Waals surface area (Å²) in [4.78, 5) is 12.2. The number of amides is 1. The molecule has 2 aromatic carbocycles. The lowest BCUT2D eigenvalue weighted by Crippen LogP contribution is -2.31. The van der Waals surface area contributed by atoms with E-state index >= 15 is 0 Å². The van der Waals surface area contributed by atoms with E-state index in [2.05, 4.69) is 5.32 Å². The Morgan fingerprint density at radius 2 is 1.76 bits per heavy atom. The van der Waals surface area contributed by atoms with Gasteiger partial charge in [0.1, 0.15) is 11.6 Å². The highest BCUT2D eigenvalue weighted by molar-refractivity contribution is 5.80. The monoisotopic (exact) mass is 287 g/mol. The lowest BCUT2D eigenvalue weighted by molar-refractivity contribution is -0.124. The second-order valence-electron chi connectivity index (χ2n) is 5.33. The Morgan fingerprint density at radius 3 is 2.38 bits per heavy atom. The summed E-state index contributed by atoms with van der Waals surface area (Å²) >= 11 is 0. The van der Waals surface area contributed by atoms with Gasteiger partial charge in [-0.15, -0.1) is 0 Å². The Balaban J connectivity index is 1.61. The number of halogens is 2. The summed E-state index contributed by atoms with van der Waals surface area (Å²) in [5.41, 5.74) is 2.69. The number of hydrogen-bond acceptors (Lipinski definition) is 1. The van der Waals surface area contributed by atoms with E-state index in [1.165, 1.54) is 23.3 Å². The summed E-state index contributed by atoms with van der Waals surface area (Å²) < 4.78 is 26.3. The van der Waals surface area contributed by atoms with Crippen molar-refractivity contribution in [3.05, 3.63) is 70.8 Å². The number of hydrogen-bond donors (Lipinski definition) is 1. The van der Waals surface area contributed by atoms with Gasteiger partial charge in [0, 0.05) is 24.1 Å². The number of benzene rings is 2. The molecule has 0 aliphatic heterocycles. The third-order valence-corrected chi connectivity index (χ3v) is 3.89. The molecule has 0 spiro atoms. The number of nitrogens with one attached hydrogen (secondary N) is 1. The van der Waals surface area contributed by atoms with Crippen LogP contribution in [0.2, 0.25) is 0 Å². The zero-order chi connectivity index (χ0) is 14.8. The van der Waals surface area contributed by atoms with Crippen molar-refractivity contribution in [3.8, 4) is 0 Å². The molecule has 0 bridgehead atoms. The smallest absolute Gasteiger partial charge is 0.224 e. The molecule has 0 unspecified atom stereocenters. The first-order chi connectivity index (χ1) is 10.1. The first kappa shape index (κ1) is 13.7. The van der Waals surface area contributed by atoms with Crippen LogP contribution >= 0.6 is 0 Å². The van der Waals surface area contributed by atoms with Gasteiger partial charge in [-0.25, -0.2) is 8.78 Å². The number of carbonyl (C=O) groups is 1. The molecule has 1 aliphatic rings. The molecule has 0 heterocycles. The predicted octanol–water partition coefficient (Wildman–Crippen LogP) is 3.00. The number of rotatable bonds is 3. The lowest BCUT2D eigenvalue weighted by atomic mass is 10.1. The standard InChI is InChI=1S/C17H15F2NO/c18-15-6-5-13(16(19)9-15)10-20-17(21)14-7-11-3-1-2-4-12(11)8-14/h1-6,9,14H,7-8,10H2,(H,20,21). The molecule has 1 aliphatic carbocycles. The van der Waals surface area contributed by atoms with Crippen molar-refractivity contribution < 1.29 is 13.6 Å². The van der Waals surface area contributed by atoms with Gasteiger partial charge < -0.3 is 5.32 Å². The van der Waals surface area contributed by atoms with Crippen LogP contribution in [-0.4, -0.2) is 5.91 Å². The molecule has 0 atom stereocenters. The Kier molecular flexibility index (Phi) is 3.69. The van der Waals surface area contributed by atoms with E-state index < -0.39 is 11.6 Å². The van der Waals surface area contributed by atoms with E-state index in [1.54, 1.807) is 0 Å². The van der Waals surface area contributed by atoms with Gasteiger partial charge in [-0.2, -0.15) is 0 Å². The third kappa shape index (κ3) is 2.94. The van der Waals surface area contributed by atoms with Gasteiger partial charge >= 0.3 is 0 Å². The Morgan fingerprint density at radius 1 is 1.10 bits per heavy atom. The van der Waals surface area contributed by atoms with Crippen LogP contribution in [0.25, 0.3) is 0 Å². The molecule has 108 valence electrons. The highest BCUT2D eigenvalue weighted by Crippen LogP contribution is 2.26. The average Bonchev–Trinajstić information content (AvgIpc) is 2.90. The van der Waals surface area contributed by atoms with Crippen molar-refractivity contribution in [2.24, 2.45) is 5.92 Å². The molecule has 0 saturated carbocycles. The fraction of sp³-hybridized carbons (Fsp3) is 0.235. The SMILES string of the molecule is O=C(NCc1ccc(F)cc1F)C1Cc2ccccc2C1. The van der Waals surface area contributed by atoms with Crippen LogP contribution in [0.3, 0.4) is 0 Å². The van der Waals surface area contributed by atoms with Gasteiger partial charge in [0.25, 0.3) is 0 Å². The van der Waals surface area contributed by atoms with E-state index in [9.17, 15) is 13.6 Å². The average molecular weight is 287 g/mol. The Bertz CT molecular complexity index is 659. The van der Waals surface area contributed by atoms with Crippen LogP contribution in [0.15, 0.2) is 42.5 Å². The highest BCUT2D eigenvalue weighted by atomic mass is 19.1. The zero-order valence-electron chi connectivity index (χ0n) is 11.4. The van der Waals surface area contributed by atoms with Crippen LogP contribution < -0.4 is 5.32 Å². The second kappa shape index (κ2) is 5.64. The minimum Gasteiger partial charge on any atom is -0.352 e. The molecule has 2 nitrogen and oxygen atoms in total. The van der Waals surface area contributed by atoms with E-state index in [1.807, 2.05) is 24.3 Å². The number of fused-ring (bicyclic) bond motifs is 1. The lowest BCUT2D eigenvalue weighted by Gasteiger charge is -2.11. The fourth-order valence-corrected chi connectivity index (χ4v) is 2.74. The largest absolute Gasteiger partial charge is 0.352 e. The van der Waals surface area contributed by atoms with E-state index in [-0.39, 0.29) is 18.4 Å². The van der Waals surface area contributed by atoms with Crippen LogP contribution in [0.5, 0.6) is 0 Å². The minimum absolute atomic E-state index is 0.0811. The third-order valence-electron chi connectivity index (χ3n) is 3.89. The molecule has 0 aromatic heterocycles. The minimum atomic E-state index is -0.634. The van der Waals surface area contributed by atoms with Crippen LogP contribution in [0.4, 0.5) is 8.78 Å². The van der Waals surface area contributed by atoms with Gasteiger partial charge in [0.05, 0.1) is 0 Å². The topological polar surface area (TPSA) is 29.1 Å². The molecular formula is C17H15F2NO. The van der Waals surface area contributed by atoms with Crippen LogP contribution in [0, 0.1) is 17.6 Å². The van der Waals surface area contributed by atoms with Crippen molar-refractivity contribution >= 4 is 5.91 Å². The first-order valence-electron chi connectivity index (χ1n) is 6.92. The van der Waals surface area contributed by atoms with Gasteiger partial charge in [0.15, 0.2) is 0 Å². The van der Waals surface area contributed by atoms with Gasteiger partial charge in [-0.05, 0) is 30.0 Å². The van der Waals surface area contributed by atoms with Crippen molar-refractivity contribution in [2.75, 3.05) is 0 Å². The van der Waals surface area contributed by atoms with Crippen molar-refractivity contribution in [1.29, 1.82) is 0 Å². The fourth-order valence-electron chi connectivity index (χ4n) is 2.74. The van der Waals surface area contributed by atoms with Gasteiger partial charge in [-0.3, -0.25) is 4.79 Å². The zero-order valence-corrected chi connectivity index (χ0v) is 11.4. The molecule has 3 rings (SSSR count). The maximum Gasteiger partial charge on any atom is 0.224 e. The van der Waals surface area contributed by atoms with E-state index in [4.69, 9.17) is 0 Å². The normalized spacial score (nSPS) is 14.0.